The normalized spacial score (nSPS) is 15.6. The smallest absolute Gasteiger partial charge is 0.172 e. The molecule has 3 rings (SSSR count). The lowest BCUT2D eigenvalue weighted by molar-refractivity contribution is 0.131. The summed E-state index contributed by atoms with van der Waals surface area (Å²) in [7, 11) is 1.53. The van der Waals surface area contributed by atoms with Crippen LogP contribution in [0, 0.1) is 0 Å². The van der Waals surface area contributed by atoms with Gasteiger partial charge >= 0.3 is 0 Å². The molecule has 1 aliphatic heterocycles. The summed E-state index contributed by atoms with van der Waals surface area (Å²) < 4.78 is 5.75. The fraction of sp³-hybridized carbons (Fsp3) is 0.316. The fourth-order valence-corrected chi connectivity index (χ4v) is 3.51. The van der Waals surface area contributed by atoms with E-state index in [0.29, 0.717) is 10.2 Å². The lowest BCUT2D eigenvalue weighted by Crippen LogP contribution is -2.43. The van der Waals surface area contributed by atoms with Gasteiger partial charge in [0.2, 0.25) is 0 Å². The van der Waals surface area contributed by atoms with Gasteiger partial charge in [0.25, 0.3) is 0 Å². The minimum Gasteiger partial charge on any atom is -0.503 e. The molecule has 26 heavy (non-hydrogen) atoms. The number of benzene rings is 2. The van der Waals surface area contributed by atoms with Crippen LogP contribution in [0.3, 0.4) is 0 Å². The molecule has 138 valence electrons. The van der Waals surface area contributed by atoms with Crippen molar-refractivity contribution in [2.24, 2.45) is 5.10 Å². The first-order chi connectivity index (χ1) is 12.6. The number of hydrogen-bond donors (Lipinski definition) is 1. The molecule has 0 aliphatic carbocycles. The van der Waals surface area contributed by atoms with E-state index in [1.54, 1.807) is 12.3 Å². The highest BCUT2D eigenvalue weighted by Crippen LogP contribution is 2.34. The van der Waals surface area contributed by atoms with Crippen molar-refractivity contribution in [2.75, 3.05) is 33.3 Å². The molecule has 0 spiro atoms. The highest BCUT2D eigenvalue weighted by atomic mass is 79.9. The molecule has 1 heterocycles. The summed E-state index contributed by atoms with van der Waals surface area (Å²) in [4.78, 5) is 2.38. The average molecular weight is 439 g/mol. The number of nitrogens with zero attached hydrogens (tertiary/aromatic N) is 3. The van der Waals surface area contributed by atoms with Crippen LogP contribution in [0.4, 0.5) is 0 Å². The van der Waals surface area contributed by atoms with Gasteiger partial charge in [0.1, 0.15) is 0 Å². The Kier molecular flexibility index (Phi) is 6.40. The van der Waals surface area contributed by atoms with Crippen LogP contribution in [0.5, 0.6) is 11.5 Å². The molecule has 0 bridgehead atoms. The van der Waals surface area contributed by atoms with E-state index in [2.05, 4.69) is 37.0 Å². The van der Waals surface area contributed by atoms with E-state index in [9.17, 15) is 5.11 Å². The van der Waals surface area contributed by atoms with Crippen LogP contribution in [-0.4, -0.2) is 54.5 Å². The maximum absolute atomic E-state index is 9.87. The van der Waals surface area contributed by atoms with Gasteiger partial charge in [-0.2, -0.15) is 5.10 Å². The van der Waals surface area contributed by atoms with Crippen LogP contribution in [0.1, 0.15) is 11.1 Å². The number of aromatic hydroxyl groups is 1. The number of ether oxygens (including phenoxy) is 1. The second-order valence-electron chi connectivity index (χ2n) is 6.12. The van der Waals surface area contributed by atoms with E-state index in [0.717, 1.165) is 48.9 Å². The van der Waals surface area contributed by atoms with Crippen molar-refractivity contribution < 1.29 is 9.84 Å². The molecule has 2 aromatic carbocycles. The lowest BCUT2D eigenvalue weighted by Gasteiger charge is -2.33. The number of hydrogen-bond acceptors (Lipinski definition) is 5. The van der Waals surface area contributed by atoms with Crippen molar-refractivity contribution in [3.8, 4) is 11.5 Å². The van der Waals surface area contributed by atoms with Gasteiger partial charge in [0.05, 0.1) is 17.8 Å². The molecular weight excluding hydrogens is 418 g/mol. The highest BCUT2D eigenvalue weighted by molar-refractivity contribution is 9.10. The molecule has 0 amide bonds. The Balaban J connectivity index is 1.56. The van der Waals surface area contributed by atoms with Gasteiger partial charge in [0, 0.05) is 37.7 Å². The van der Waals surface area contributed by atoms with Crippen molar-refractivity contribution in [3.63, 3.8) is 0 Å². The Morgan fingerprint density at radius 1 is 1.23 bits per heavy atom. The molecule has 1 aliphatic rings. The van der Waals surface area contributed by atoms with Gasteiger partial charge in [-0.15, -0.1) is 0 Å². The van der Waals surface area contributed by atoms with Crippen molar-refractivity contribution in [2.45, 2.75) is 6.54 Å². The van der Waals surface area contributed by atoms with Crippen LogP contribution in [0.25, 0.3) is 0 Å². The number of phenols is 1. The average Bonchev–Trinajstić information content (AvgIpc) is 2.65. The Bertz CT molecular complexity index is 792. The quantitative estimate of drug-likeness (QED) is 0.718. The SMILES string of the molecule is COc1cc(C=NN2CCN(Cc3ccccc3Cl)CC2)cc(Br)c1O. The van der Waals surface area contributed by atoms with E-state index < -0.39 is 0 Å². The molecule has 0 unspecified atom stereocenters. The zero-order valence-corrected chi connectivity index (χ0v) is 16.9. The predicted molar refractivity (Wildman–Crippen MR) is 108 cm³/mol. The first-order valence-corrected chi connectivity index (χ1v) is 9.55. The summed E-state index contributed by atoms with van der Waals surface area (Å²) in [5, 5.41) is 17.3. The molecule has 0 aromatic heterocycles. The highest BCUT2D eigenvalue weighted by Gasteiger charge is 2.16. The number of methoxy groups -OCH3 is 1. The minimum absolute atomic E-state index is 0.0952. The molecule has 0 atom stereocenters. The summed E-state index contributed by atoms with van der Waals surface area (Å²) in [5.41, 5.74) is 2.03. The Hall–Kier alpha value is -1.76. The number of phenolic OH excluding ortho intramolecular Hbond substituents is 1. The molecule has 7 heteroatoms. The van der Waals surface area contributed by atoms with Gasteiger partial charge in [-0.3, -0.25) is 9.91 Å². The number of rotatable bonds is 5. The zero-order valence-electron chi connectivity index (χ0n) is 14.5. The maximum Gasteiger partial charge on any atom is 0.172 e. The first kappa shape index (κ1) is 19.0. The van der Waals surface area contributed by atoms with Crippen LogP contribution >= 0.6 is 27.5 Å². The molecule has 1 fully saturated rings. The summed E-state index contributed by atoms with van der Waals surface area (Å²) in [6.45, 7) is 4.45. The van der Waals surface area contributed by atoms with Crippen LogP contribution < -0.4 is 4.74 Å². The predicted octanol–water partition coefficient (Wildman–Crippen LogP) is 3.97. The molecule has 2 aromatic rings. The number of hydrazone groups is 1. The second kappa shape index (κ2) is 8.75. The number of halogens is 2. The van der Waals surface area contributed by atoms with E-state index in [1.807, 2.05) is 24.3 Å². The minimum atomic E-state index is 0.0952. The summed E-state index contributed by atoms with van der Waals surface area (Å²) >= 11 is 9.57. The molecular formula is C19H21BrClN3O2. The van der Waals surface area contributed by atoms with Crippen molar-refractivity contribution >= 4 is 33.7 Å². The van der Waals surface area contributed by atoms with Crippen molar-refractivity contribution in [3.05, 3.63) is 57.0 Å². The van der Waals surface area contributed by atoms with E-state index in [1.165, 1.54) is 7.11 Å². The standard InChI is InChI=1S/C19H21BrClN3O2/c1-26-18-11-14(10-16(20)19(18)25)12-22-24-8-6-23(7-9-24)13-15-4-2-3-5-17(15)21/h2-5,10-12,25H,6-9,13H2,1H3. The molecule has 1 saturated heterocycles. The van der Waals surface area contributed by atoms with Gasteiger partial charge in [-0.25, -0.2) is 0 Å². The van der Waals surface area contributed by atoms with E-state index >= 15 is 0 Å². The summed E-state index contributed by atoms with van der Waals surface area (Å²) in [5.74, 6) is 0.517. The lowest BCUT2D eigenvalue weighted by atomic mass is 10.2. The van der Waals surface area contributed by atoms with Crippen molar-refractivity contribution in [1.29, 1.82) is 0 Å². The van der Waals surface area contributed by atoms with E-state index in [-0.39, 0.29) is 5.75 Å². The van der Waals surface area contributed by atoms with Gasteiger partial charge in [-0.05, 0) is 45.3 Å². The third kappa shape index (κ3) is 4.69. The topological polar surface area (TPSA) is 48.3 Å². The third-order valence-electron chi connectivity index (χ3n) is 4.34. The Morgan fingerprint density at radius 3 is 2.65 bits per heavy atom. The second-order valence-corrected chi connectivity index (χ2v) is 7.38. The molecule has 5 nitrogen and oxygen atoms in total. The fourth-order valence-electron chi connectivity index (χ4n) is 2.85. The molecule has 0 radical (unpaired) electrons. The number of piperazine rings is 1. The van der Waals surface area contributed by atoms with E-state index in [4.69, 9.17) is 16.3 Å². The van der Waals surface area contributed by atoms with Gasteiger partial charge in [-0.1, -0.05) is 29.8 Å². The zero-order chi connectivity index (χ0) is 18.5. The third-order valence-corrected chi connectivity index (χ3v) is 5.31. The largest absolute Gasteiger partial charge is 0.503 e. The van der Waals surface area contributed by atoms with Gasteiger partial charge < -0.3 is 9.84 Å². The summed E-state index contributed by atoms with van der Waals surface area (Å²) in [6.07, 6.45) is 1.79. The van der Waals surface area contributed by atoms with Gasteiger partial charge in [0.15, 0.2) is 11.5 Å². The Labute approximate surface area is 167 Å². The van der Waals surface area contributed by atoms with Crippen LogP contribution in [0.15, 0.2) is 46.0 Å². The van der Waals surface area contributed by atoms with Crippen molar-refractivity contribution in [1.82, 2.24) is 9.91 Å². The maximum atomic E-state index is 9.87. The Morgan fingerprint density at radius 2 is 1.96 bits per heavy atom. The molecule has 0 saturated carbocycles. The molecule has 1 N–H and O–H groups in total. The summed E-state index contributed by atoms with van der Waals surface area (Å²) in [6, 6.07) is 11.6. The first-order valence-electron chi connectivity index (χ1n) is 8.38. The van der Waals surface area contributed by atoms with Crippen LogP contribution in [0.2, 0.25) is 5.02 Å². The van der Waals surface area contributed by atoms with Crippen LogP contribution in [-0.2, 0) is 6.54 Å². The monoisotopic (exact) mass is 437 g/mol.